The fraction of sp³-hybridized carbons (Fsp3) is 0.833. The van der Waals surface area contributed by atoms with Gasteiger partial charge in [0.05, 0.1) is 0 Å². The molecule has 1 heteroatoms. The van der Waals surface area contributed by atoms with Gasteiger partial charge in [-0.2, -0.15) is 0 Å². The average molecular weight is 264 g/mol. The van der Waals surface area contributed by atoms with Gasteiger partial charge in [0, 0.05) is 6.42 Å². The number of unbranched alkanes of at least 4 members (excludes halogenated alkanes) is 6. The van der Waals surface area contributed by atoms with Gasteiger partial charge in [0.2, 0.25) is 5.78 Å². The number of hydrogen-bond donors (Lipinski definition) is 0. The summed E-state index contributed by atoms with van der Waals surface area (Å²) >= 11 is 0. The molecule has 0 radical (unpaired) electrons. The highest BCUT2D eigenvalue weighted by Crippen LogP contribution is 2.35. The Hall–Kier alpha value is -0.770. The second kappa shape index (κ2) is 11.1. The molecule has 0 bridgehead atoms. The summed E-state index contributed by atoms with van der Waals surface area (Å²) in [6.45, 7) is 6.70. The molecule has 0 rings (SSSR count). The van der Waals surface area contributed by atoms with E-state index in [-0.39, 0.29) is 11.2 Å². The van der Waals surface area contributed by atoms with Crippen LogP contribution in [0.25, 0.3) is 0 Å². The predicted octanol–water partition coefficient (Wildman–Crippen LogP) is 5.53. The Bertz CT molecular complexity index is 274. The van der Waals surface area contributed by atoms with Crippen molar-refractivity contribution in [3.05, 3.63) is 0 Å². The van der Waals surface area contributed by atoms with Gasteiger partial charge < -0.3 is 0 Å². The minimum absolute atomic E-state index is 0.0208. The largest absolute Gasteiger partial charge is 0.285 e. The van der Waals surface area contributed by atoms with Gasteiger partial charge in [-0.1, -0.05) is 72.1 Å². The quantitative estimate of drug-likeness (QED) is 0.257. The second-order valence-corrected chi connectivity index (χ2v) is 6.18. The number of hydrogen-bond acceptors (Lipinski definition) is 1. The maximum absolute atomic E-state index is 11.6. The van der Waals surface area contributed by atoms with E-state index in [0.717, 1.165) is 12.8 Å². The van der Waals surface area contributed by atoms with Crippen molar-refractivity contribution in [3.8, 4) is 12.3 Å². The lowest BCUT2D eigenvalue weighted by Crippen LogP contribution is -2.20. The Kier molecular flexibility index (Phi) is 10.6. The van der Waals surface area contributed by atoms with Gasteiger partial charge in [0.15, 0.2) is 0 Å². The van der Waals surface area contributed by atoms with Gasteiger partial charge in [0.25, 0.3) is 0 Å². The van der Waals surface area contributed by atoms with Crippen LogP contribution in [0.3, 0.4) is 0 Å². The highest BCUT2D eigenvalue weighted by molar-refractivity contribution is 5.95. The molecule has 0 fully saturated rings. The van der Waals surface area contributed by atoms with Gasteiger partial charge in [-0.05, 0) is 24.2 Å². The molecule has 0 aliphatic rings. The highest BCUT2D eigenvalue weighted by atomic mass is 16.1. The van der Waals surface area contributed by atoms with Crippen LogP contribution in [0.15, 0.2) is 0 Å². The van der Waals surface area contributed by atoms with Gasteiger partial charge in [0.1, 0.15) is 0 Å². The van der Waals surface area contributed by atoms with Crippen LogP contribution in [-0.2, 0) is 4.79 Å². The van der Waals surface area contributed by atoms with Crippen molar-refractivity contribution >= 4 is 5.78 Å². The van der Waals surface area contributed by atoms with E-state index in [2.05, 4.69) is 26.7 Å². The maximum Gasteiger partial charge on any atom is 0.205 e. The van der Waals surface area contributed by atoms with Crippen LogP contribution in [0.1, 0.15) is 91.4 Å². The lowest BCUT2D eigenvalue weighted by molar-refractivity contribution is -0.116. The molecule has 1 unspecified atom stereocenters. The van der Waals surface area contributed by atoms with Crippen LogP contribution >= 0.6 is 0 Å². The Morgan fingerprint density at radius 3 is 1.95 bits per heavy atom. The van der Waals surface area contributed by atoms with E-state index in [1.807, 2.05) is 0 Å². The summed E-state index contributed by atoms with van der Waals surface area (Å²) in [5, 5.41) is 0. The predicted molar refractivity (Wildman–Crippen MR) is 84.1 cm³/mol. The first kappa shape index (κ1) is 18.2. The van der Waals surface area contributed by atoms with E-state index in [0.29, 0.717) is 6.42 Å². The molecule has 0 aromatic carbocycles. The van der Waals surface area contributed by atoms with Crippen molar-refractivity contribution in [2.75, 3.05) is 0 Å². The molecule has 0 N–H and O–H groups in total. The number of ketones is 1. The van der Waals surface area contributed by atoms with Gasteiger partial charge in [-0.25, -0.2) is 0 Å². The van der Waals surface area contributed by atoms with Crippen LogP contribution in [0.5, 0.6) is 0 Å². The zero-order chi connectivity index (χ0) is 14.6. The van der Waals surface area contributed by atoms with Crippen molar-refractivity contribution in [2.24, 2.45) is 5.41 Å². The Morgan fingerprint density at radius 2 is 1.42 bits per heavy atom. The molecule has 0 amide bonds. The van der Waals surface area contributed by atoms with Crippen LogP contribution in [0, 0.1) is 17.8 Å². The van der Waals surface area contributed by atoms with Crippen LogP contribution in [0.2, 0.25) is 0 Å². The zero-order valence-electron chi connectivity index (χ0n) is 13.3. The number of carbonyl (C=O) groups excluding carboxylic acids is 1. The normalized spacial score (nSPS) is 13.8. The molecule has 0 aromatic heterocycles. The third-order valence-corrected chi connectivity index (χ3v) is 4.02. The van der Waals surface area contributed by atoms with E-state index in [1.165, 1.54) is 51.4 Å². The van der Waals surface area contributed by atoms with Crippen molar-refractivity contribution in [1.82, 2.24) is 0 Å². The van der Waals surface area contributed by atoms with E-state index in [1.54, 1.807) is 0 Å². The molecule has 1 nitrogen and oxygen atoms in total. The third kappa shape index (κ3) is 9.77. The van der Waals surface area contributed by atoms with Crippen LogP contribution in [-0.4, -0.2) is 5.78 Å². The fourth-order valence-electron chi connectivity index (χ4n) is 2.70. The van der Waals surface area contributed by atoms with Crippen molar-refractivity contribution in [1.29, 1.82) is 0 Å². The minimum atomic E-state index is -0.0208. The number of carbonyl (C=O) groups is 1. The standard InChI is InChI=1S/C18H32O/c1-5-8-10-11-13-15-18(4,14-12-9-6-2)16-17(19)7-3/h3H,5-6,8-16H2,1-2,4H3. The Labute approximate surface area is 120 Å². The second-order valence-electron chi connectivity index (χ2n) is 6.18. The molecular formula is C18H32O. The summed E-state index contributed by atoms with van der Waals surface area (Å²) in [5.74, 6) is 2.26. The zero-order valence-corrected chi connectivity index (χ0v) is 13.3. The SMILES string of the molecule is C#CC(=O)CC(C)(CCCCC)CCCCCCC. The molecule has 0 saturated carbocycles. The topological polar surface area (TPSA) is 17.1 Å². The third-order valence-electron chi connectivity index (χ3n) is 4.02. The van der Waals surface area contributed by atoms with Gasteiger partial charge >= 0.3 is 0 Å². The number of terminal acetylenes is 1. The fourth-order valence-corrected chi connectivity index (χ4v) is 2.70. The summed E-state index contributed by atoms with van der Waals surface area (Å²) in [4.78, 5) is 11.6. The summed E-state index contributed by atoms with van der Waals surface area (Å²) in [7, 11) is 0. The maximum atomic E-state index is 11.6. The first-order valence-electron chi connectivity index (χ1n) is 8.07. The summed E-state index contributed by atoms with van der Waals surface area (Å²) in [6.07, 6.45) is 18.3. The highest BCUT2D eigenvalue weighted by Gasteiger charge is 2.25. The first-order valence-corrected chi connectivity index (χ1v) is 8.07. The van der Waals surface area contributed by atoms with Gasteiger partial charge in [-0.15, -0.1) is 6.42 Å². The van der Waals surface area contributed by atoms with Crippen molar-refractivity contribution < 1.29 is 4.79 Å². The molecule has 0 aromatic rings. The smallest absolute Gasteiger partial charge is 0.205 e. The summed E-state index contributed by atoms with van der Waals surface area (Å²) in [5.41, 5.74) is 0.130. The first-order chi connectivity index (χ1) is 9.08. The molecule has 0 saturated heterocycles. The van der Waals surface area contributed by atoms with Gasteiger partial charge in [-0.3, -0.25) is 4.79 Å². The van der Waals surface area contributed by atoms with E-state index in [4.69, 9.17) is 6.42 Å². The van der Waals surface area contributed by atoms with E-state index < -0.39 is 0 Å². The molecule has 0 aliphatic heterocycles. The molecular weight excluding hydrogens is 232 g/mol. The van der Waals surface area contributed by atoms with E-state index in [9.17, 15) is 4.79 Å². The minimum Gasteiger partial charge on any atom is -0.285 e. The molecule has 110 valence electrons. The molecule has 0 spiro atoms. The molecule has 1 atom stereocenters. The Morgan fingerprint density at radius 1 is 0.947 bits per heavy atom. The van der Waals surface area contributed by atoms with Crippen LogP contribution in [0.4, 0.5) is 0 Å². The molecule has 0 heterocycles. The summed E-state index contributed by atoms with van der Waals surface area (Å²) in [6, 6.07) is 0. The van der Waals surface area contributed by atoms with Crippen molar-refractivity contribution in [2.45, 2.75) is 91.4 Å². The number of Topliss-reactive ketones (excluding diaryl/α,β-unsaturated/α-hetero) is 1. The average Bonchev–Trinajstić information content (AvgIpc) is 2.38. The van der Waals surface area contributed by atoms with Crippen molar-refractivity contribution in [3.63, 3.8) is 0 Å². The number of rotatable bonds is 12. The monoisotopic (exact) mass is 264 g/mol. The van der Waals surface area contributed by atoms with Crippen LogP contribution < -0.4 is 0 Å². The molecule has 0 aliphatic carbocycles. The Balaban J connectivity index is 4.16. The van der Waals surface area contributed by atoms with E-state index >= 15 is 0 Å². The lowest BCUT2D eigenvalue weighted by atomic mass is 9.76. The molecule has 19 heavy (non-hydrogen) atoms. The lowest BCUT2D eigenvalue weighted by Gasteiger charge is -2.28. The summed E-state index contributed by atoms with van der Waals surface area (Å²) < 4.78 is 0.